The summed E-state index contributed by atoms with van der Waals surface area (Å²) in [6, 6.07) is 20.1. The molecule has 1 fully saturated rings. The molecule has 0 spiro atoms. The molecule has 2 amide bonds. The van der Waals surface area contributed by atoms with E-state index in [1.165, 1.54) is 30.2 Å². The van der Waals surface area contributed by atoms with Crippen molar-refractivity contribution in [1.82, 2.24) is 0 Å². The first kappa shape index (κ1) is 20.6. The SMILES string of the molecule is COc1cc([N+](=O)[O-])ccc1N1C(=O)[C@@H]2[C@@H](C1=O)C1(C)c3ccccc3C2(C)c2ccccc21. The summed E-state index contributed by atoms with van der Waals surface area (Å²) in [7, 11) is 1.37. The van der Waals surface area contributed by atoms with Gasteiger partial charge in [-0.3, -0.25) is 19.7 Å². The molecule has 0 aromatic heterocycles. The normalized spacial score (nSPS) is 28.4. The molecule has 170 valence electrons. The Morgan fingerprint density at radius 1 is 0.824 bits per heavy atom. The molecule has 0 radical (unpaired) electrons. The number of nitro groups is 1. The van der Waals surface area contributed by atoms with E-state index in [9.17, 15) is 19.7 Å². The summed E-state index contributed by atoms with van der Waals surface area (Å²) < 4.78 is 5.39. The van der Waals surface area contributed by atoms with Crippen molar-refractivity contribution < 1.29 is 19.2 Å². The highest BCUT2D eigenvalue weighted by Gasteiger charge is 2.70. The molecule has 2 atom stereocenters. The number of rotatable bonds is 3. The Morgan fingerprint density at radius 3 is 1.65 bits per heavy atom. The first-order valence-corrected chi connectivity index (χ1v) is 11.2. The van der Waals surface area contributed by atoms with Crippen LogP contribution in [-0.4, -0.2) is 23.8 Å². The molecule has 4 aliphatic rings. The van der Waals surface area contributed by atoms with Gasteiger partial charge in [0, 0.05) is 16.9 Å². The van der Waals surface area contributed by atoms with Gasteiger partial charge >= 0.3 is 0 Å². The first-order valence-electron chi connectivity index (χ1n) is 11.2. The number of carbonyl (C=O) groups is 2. The van der Waals surface area contributed by atoms with Crippen LogP contribution in [0.1, 0.15) is 36.1 Å². The number of anilines is 1. The Balaban J connectivity index is 1.61. The minimum absolute atomic E-state index is 0.118. The number of ether oxygens (including phenoxy) is 1. The van der Waals surface area contributed by atoms with Gasteiger partial charge in [0.1, 0.15) is 5.75 Å². The van der Waals surface area contributed by atoms with Crippen LogP contribution in [0.4, 0.5) is 11.4 Å². The average Bonchev–Trinajstić information content (AvgIpc) is 3.13. The van der Waals surface area contributed by atoms with Crippen molar-refractivity contribution in [2.24, 2.45) is 11.8 Å². The van der Waals surface area contributed by atoms with Crippen LogP contribution in [0, 0.1) is 22.0 Å². The lowest BCUT2D eigenvalue weighted by Gasteiger charge is -2.57. The van der Waals surface area contributed by atoms with Crippen LogP contribution in [0.5, 0.6) is 5.75 Å². The molecule has 1 saturated heterocycles. The molecule has 0 unspecified atom stereocenters. The molecule has 3 aliphatic carbocycles. The molecule has 7 nitrogen and oxygen atoms in total. The average molecular weight is 454 g/mol. The van der Waals surface area contributed by atoms with Crippen molar-refractivity contribution in [3.05, 3.63) is 99.1 Å². The third-order valence-electron chi connectivity index (χ3n) is 8.26. The predicted octanol–water partition coefficient (Wildman–Crippen LogP) is 4.35. The number of amides is 2. The molecule has 1 heterocycles. The van der Waals surface area contributed by atoms with Gasteiger partial charge in [-0.05, 0) is 28.3 Å². The van der Waals surface area contributed by atoms with Gasteiger partial charge < -0.3 is 4.74 Å². The number of methoxy groups -OCH3 is 1. The number of hydrogen-bond donors (Lipinski definition) is 0. The highest BCUT2D eigenvalue weighted by molar-refractivity contribution is 6.24. The number of benzene rings is 3. The summed E-state index contributed by atoms with van der Waals surface area (Å²) in [5, 5.41) is 11.3. The van der Waals surface area contributed by atoms with Crippen molar-refractivity contribution in [2.75, 3.05) is 12.0 Å². The molecule has 7 rings (SSSR count). The second kappa shape index (κ2) is 6.53. The quantitative estimate of drug-likeness (QED) is 0.334. The Hall–Kier alpha value is -4.00. The van der Waals surface area contributed by atoms with Crippen molar-refractivity contribution in [2.45, 2.75) is 24.7 Å². The van der Waals surface area contributed by atoms with Gasteiger partial charge in [0.2, 0.25) is 11.8 Å². The molecule has 34 heavy (non-hydrogen) atoms. The van der Waals surface area contributed by atoms with E-state index in [0.29, 0.717) is 0 Å². The molecule has 3 aromatic rings. The molecule has 7 heteroatoms. The van der Waals surface area contributed by atoms with Crippen LogP contribution in [0.25, 0.3) is 0 Å². The van der Waals surface area contributed by atoms with Gasteiger partial charge in [-0.25, -0.2) is 4.90 Å². The number of carbonyl (C=O) groups excluding carboxylic acids is 2. The maximum Gasteiger partial charge on any atom is 0.273 e. The molecule has 3 aromatic carbocycles. The second-order valence-corrected chi connectivity index (χ2v) is 9.58. The first-order chi connectivity index (χ1) is 16.3. The van der Waals surface area contributed by atoms with Crippen molar-refractivity contribution >= 4 is 23.2 Å². The van der Waals surface area contributed by atoms with E-state index in [1.54, 1.807) is 0 Å². The molecule has 2 bridgehead atoms. The van der Waals surface area contributed by atoms with E-state index >= 15 is 0 Å². The van der Waals surface area contributed by atoms with Gasteiger partial charge in [-0.15, -0.1) is 0 Å². The third kappa shape index (κ3) is 2.17. The highest BCUT2D eigenvalue weighted by Crippen LogP contribution is 2.66. The monoisotopic (exact) mass is 454 g/mol. The number of hydrogen-bond acceptors (Lipinski definition) is 5. The summed E-state index contributed by atoms with van der Waals surface area (Å²) in [6.07, 6.45) is 0. The van der Waals surface area contributed by atoms with Crippen molar-refractivity contribution in [3.8, 4) is 5.75 Å². The van der Waals surface area contributed by atoms with Gasteiger partial charge in [-0.1, -0.05) is 62.4 Å². The van der Waals surface area contributed by atoms with Gasteiger partial charge in [-0.2, -0.15) is 0 Å². The highest BCUT2D eigenvalue weighted by atomic mass is 16.6. The lowest BCUT2D eigenvalue weighted by atomic mass is 9.42. The fraction of sp³-hybridized carbons (Fsp3) is 0.259. The van der Waals surface area contributed by atoms with E-state index in [-0.39, 0.29) is 28.9 Å². The lowest BCUT2D eigenvalue weighted by molar-refractivity contribution is -0.384. The van der Waals surface area contributed by atoms with E-state index in [0.717, 1.165) is 22.3 Å². The van der Waals surface area contributed by atoms with Crippen LogP contribution in [0.3, 0.4) is 0 Å². The van der Waals surface area contributed by atoms with E-state index in [4.69, 9.17) is 4.74 Å². The zero-order chi connectivity index (χ0) is 24.0. The minimum Gasteiger partial charge on any atom is -0.494 e. The topological polar surface area (TPSA) is 89.8 Å². The van der Waals surface area contributed by atoms with E-state index in [2.05, 4.69) is 38.1 Å². The fourth-order valence-electron chi connectivity index (χ4n) is 6.77. The summed E-state index contributed by atoms with van der Waals surface area (Å²) in [4.78, 5) is 40.1. The Morgan fingerprint density at radius 2 is 1.26 bits per heavy atom. The zero-order valence-corrected chi connectivity index (χ0v) is 18.9. The Labute approximate surface area is 196 Å². The second-order valence-electron chi connectivity index (χ2n) is 9.58. The summed E-state index contributed by atoms with van der Waals surface area (Å²) in [5.41, 5.74) is 2.95. The standard InChI is InChI=1S/C27H22N2O5/c1-26-16-8-4-6-10-18(16)27(2,19-11-7-5-9-17(19)26)23-22(26)24(30)28(25(23)31)20-13-12-15(29(32)33)14-21(20)34-3/h4-14,22-23H,1-3H3/t22-,23-,26?,27?/m0/s1. The molecule has 0 saturated carbocycles. The fourth-order valence-corrected chi connectivity index (χ4v) is 6.77. The van der Waals surface area contributed by atoms with Crippen LogP contribution >= 0.6 is 0 Å². The van der Waals surface area contributed by atoms with Gasteiger partial charge in [0.15, 0.2) is 0 Å². The van der Waals surface area contributed by atoms with E-state index < -0.39 is 27.6 Å². The molecular formula is C27H22N2O5. The summed E-state index contributed by atoms with van der Waals surface area (Å²) >= 11 is 0. The van der Waals surface area contributed by atoms with Crippen LogP contribution in [0.2, 0.25) is 0 Å². The lowest BCUT2D eigenvalue weighted by Crippen LogP contribution is -2.59. The largest absolute Gasteiger partial charge is 0.494 e. The number of nitrogens with zero attached hydrogens (tertiary/aromatic N) is 2. The van der Waals surface area contributed by atoms with Crippen LogP contribution in [-0.2, 0) is 20.4 Å². The zero-order valence-electron chi connectivity index (χ0n) is 18.9. The maximum atomic E-state index is 14.1. The minimum atomic E-state index is -0.689. The maximum absolute atomic E-state index is 14.1. The summed E-state index contributed by atoms with van der Waals surface area (Å²) in [5.74, 6) is -1.70. The molecule has 1 aliphatic heterocycles. The molecule has 0 N–H and O–H groups in total. The van der Waals surface area contributed by atoms with Crippen LogP contribution in [0.15, 0.2) is 66.7 Å². The number of nitro benzene ring substituents is 1. The van der Waals surface area contributed by atoms with Gasteiger partial charge in [0.25, 0.3) is 5.69 Å². The van der Waals surface area contributed by atoms with Crippen molar-refractivity contribution in [1.29, 1.82) is 0 Å². The smallest absolute Gasteiger partial charge is 0.273 e. The summed E-state index contributed by atoms with van der Waals surface area (Å²) in [6.45, 7) is 4.12. The van der Waals surface area contributed by atoms with Gasteiger partial charge in [0.05, 0.1) is 35.6 Å². The Bertz CT molecular complexity index is 1310. The van der Waals surface area contributed by atoms with Crippen LogP contribution < -0.4 is 9.64 Å². The van der Waals surface area contributed by atoms with Crippen molar-refractivity contribution in [3.63, 3.8) is 0 Å². The van der Waals surface area contributed by atoms with E-state index in [1.807, 2.05) is 24.3 Å². The Kier molecular flexibility index (Phi) is 3.96. The number of non-ortho nitro benzene ring substituents is 1. The molecular weight excluding hydrogens is 432 g/mol. The third-order valence-corrected chi connectivity index (χ3v) is 8.26. The predicted molar refractivity (Wildman–Crippen MR) is 125 cm³/mol. The number of imide groups is 1.